The van der Waals surface area contributed by atoms with E-state index in [2.05, 4.69) is 9.97 Å². The molecule has 0 aliphatic heterocycles. The molecular formula is C15H11ClN2O2. The van der Waals surface area contributed by atoms with Gasteiger partial charge >= 0.3 is 0 Å². The fourth-order valence-corrected chi connectivity index (χ4v) is 2.04. The summed E-state index contributed by atoms with van der Waals surface area (Å²) in [6, 6.07) is 14.6. The molecule has 1 aromatic heterocycles. The quantitative estimate of drug-likeness (QED) is 0.748. The summed E-state index contributed by atoms with van der Waals surface area (Å²) in [6.07, 6.45) is 0. The highest BCUT2D eigenvalue weighted by Crippen LogP contribution is 2.28. The lowest BCUT2D eigenvalue weighted by Crippen LogP contribution is -1.93. The van der Waals surface area contributed by atoms with Gasteiger partial charge in [0.15, 0.2) is 0 Å². The van der Waals surface area contributed by atoms with Crippen LogP contribution >= 0.6 is 11.6 Å². The van der Waals surface area contributed by atoms with Crippen LogP contribution in [-0.2, 0) is 6.61 Å². The summed E-state index contributed by atoms with van der Waals surface area (Å²) < 4.78 is 5.75. The molecule has 0 amide bonds. The summed E-state index contributed by atoms with van der Waals surface area (Å²) in [7, 11) is 0. The zero-order valence-corrected chi connectivity index (χ0v) is 11.2. The van der Waals surface area contributed by atoms with Crippen molar-refractivity contribution in [3.05, 3.63) is 59.4 Å². The van der Waals surface area contributed by atoms with Gasteiger partial charge < -0.3 is 9.84 Å². The highest BCUT2D eigenvalue weighted by Gasteiger charge is 2.08. The molecule has 0 atom stereocenters. The first-order chi connectivity index (χ1) is 9.76. The van der Waals surface area contributed by atoms with E-state index in [1.807, 2.05) is 24.3 Å². The van der Waals surface area contributed by atoms with Gasteiger partial charge in [0.2, 0.25) is 11.2 Å². The van der Waals surface area contributed by atoms with E-state index in [0.717, 1.165) is 16.5 Å². The van der Waals surface area contributed by atoms with E-state index in [9.17, 15) is 0 Å². The topological polar surface area (TPSA) is 55.2 Å². The predicted molar refractivity (Wildman–Crippen MR) is 77.0 cm³/mol. The summed E-state index contributed by atoms with van der Waals surface area (Å²) in [4.78, 5) is 8.27. The fourth-order valence-electron chi connectivity index (χ4n) is 1.87. The molecule has 20 heavy (non-hydrogen) atoms. The van der Waals surface area contributed by atoms with Crippen LogP contribution in [0.2, 0.25) is 5.28 Å². The monoisotopic (exact) mass is 286 g/mol. The van der Waals surface area contributed by atoms with Crippen LogP contribution in [0, 0.1) is 0 Å². The average molecular weight is 287 g/mol. The van der Waals surface area contributed by atoms with Crippen molar-refractivity contribution in [3.63, 3.8) is 0 Å². The van der Waals surface area contributed by atoms with Gasteiger partial charge in [-0.15, -0.1) is 0 Å². The molecule has 0 bridgehead atoms. The smallest absolute Gasteiger partial charge is 0.231 e. The van der Waals surface area contributed by atoms with Gasteiger partial charge in [-0.25, -0.2) is 4.98 Å². The van der Waals surface area contributed by atoms with Crippen LogP contribution in [0.1, 0.15) is 5.56 Å². The molecule has 5 heteroatoms. The lowest BCUT2D eigenvalue weighted by Gasteiger charge is -2.08. The molecule has 0 radical (unpaired) electrons. The second kappa shape index (κ2) is 5.45. The molecule has 0 spiro atoms. The van der Waals surface area contributed by atoms with Gasteiger partial charge in [0.25, 0.3) is 0 Å². The predicted octanol–water partition coefficient (Wildman–Crippen LogP) is 3.57. The third-order valence-corrected chi connectivity index (χ3v) is 3.03. The number of nitrogens with zero attached hydrogens (tertiary/aromatic N) is 2. The minimum absolute atomic E-state index is 0.00253. The van der Waals surface area contributed by atoms with Crippen LogP contribution in [0.15, 0.2) is 48.5 Å². The fraction of sp³-hybridized carbons (Fsp3) is 0.0667. The molecule has 0 saturated heterocycles. The lowest BCUT2D eigenvalue weighted by molar-refractivity contribution is 0.281. The summed E-state index contributed by atoms with van der Waals surface area (Å²) in [5.41, 5.74) is 1.55. The van der Waals surface area contributed by atoms with E-state index in [0.29, 0.717) is 11.6 Å². The number of aliphatic hydroxyl groups is 1. The Morgan fingerprint density at radius 1 is 1.00 bits per heavy atom. The van der Waals surface area contributed by atoms with E-state index in [1.54, 1.807) is 24.3 Å². The Bertz CT molecular complexity index is 744. The maximum absolute atomic E-state index is 9.02. The largest absolute Gasteiger partial charge is 0.438 e. The SMILES string of the molecule is OCc1ccc(Oc2nc(Cl)nc3ccccc23)cc1. The molecule has 1 N–H and O–H groups in total. The van der Waals surface area contributed by atoms with Crippen LogP contribution in [0.5, 0.6) is 11.6 Å². The van der Waals surface area contributed by atoms with Gasteiger partial charge in [-0.2, -0.15) is 4.98 Å². The number of aliphatic hydroxyl groups excluding tert-OH is 1. The molecule has 2 aromatic carbocycles. The van der Waals surface area contributed by atoms with Crippen molar-refractivity contribution >= 4 is 22.5 Å². The molecule has 0 aliphatic carbocycles. The number of halogens is 1. The number of para-hydroxylation sites is 1. The Morgan fingerprint density at radius 3 is 2.50 bits per heavy atom. The van der Waals surface area contributed by atoms with Crippen molar-refractivity contribution in [1.82, 2.24) is 9.97 Å². The number of ether oxygens (including phenoxy) is 1. The van der Waals surface area contributed by atoms with Crippen LogP contribution in [0.25, 0.3) is 10.9 Å². The van der Waals surface area contributed by atoms with Crippen molar-refractivity contribution in [2.45, 2.75) is 6.61 Å². The normalized spacial score (nSPS) is 10.7. The minimum Gasteiger partial charge on any atom is -0.438 e. The maximum Gasteiger partial charge on any atom is 0.231 e. The number of rotatable bonds is 3. The zero-order chi connectivity index (χ0) is 13.9. The Hall–Kier alpha value is -2.17. The van der Waals surface area contributed by atoms with E-state index >= 15 is 0 Å². The highest BCUT2D eigenvalue weighted by atomic mass is 35.5. The third-order valence-electron chi connectivity index (χ3n) is 2.86. The molecule has 0 saturated carbocycles. The number of aromatic nitrogens is 2. The van der Waals surface area contributed by atoms with Gasteiger partial charge in [-0.05, 0) is 41.4 Å². The van der Waals surface area contributed by atoms with E-state index in [1.165, 1.54) is 0 Å². The summed E-state index contributed by atoms with van der Waals surface area (Å²) in [5.74, 6) is 1.04. The third kappa shape index (κ3) is 2.57. The number of hydrogen-bond acceptors (Lipinski definition) is 4. The van der Waals surface area contributed by atoms with Gasteiger partial charge in [0, 0.05) is 0 Å². The Kier molecular flexibility index (Phi) is 3.50. The van der Waals surface area contributed by atoms with Crippen molar-refractivity contribution in [2.24, 2.45) is 0 Å². The van der Waals surface area contributed by atoms with Gasteiger partial charge in [0.1, 0.15) is 5.75 Å². The zero-order valence-electron chi connectivity index (χ0n) is 10.5. The van der Waals surface area contributed by atoms with Gasteiger partial charge in [0.05, 0.1) is 17.5 Å². The van der Waals surface area contributed by atoms with E-state index in [-0.39, 0.29) is 11.9 Å². The summed E-state index contributed by atoms with van der Waals surface area (Å²) >= 11 is 5.90. The second-order valence-corrected chi connectivity index (χ2v) is 4.56. The molecule has 0 unspecified atom stereocenters. The van der Waals surface area contributed by atoms with Crippen molar-refractivity contribution in [1.29, 1.82) is 0 Å². The summed E-state index contributed by atoms with van der Waals surface area (Å²) in [6.45, 7) is 0.00253. The maximum atomic E-state index is 9.02. The molecule has 0 fully saturated rings. The van der Waals surface area contributed by atoms with E-state index in [4.69, 9.17) is 21.4 Å². The Balaban J connectivity index is 2.01. The minimum atomic E-state index is 0.00253. The first-order valence-electron chi connectivity index (χ1n) is 6.06. The molecule has 3 rings (SSSR count). The number of hydrogen-bond donors (Lipinski definition) is 1. The Labute approximate surface area is 120 Å². The summed E-state index contributed by atoms with van der Waals surface area (Å²) in [5, 5.41) is 9.96. The van der Waals surface area contributed by atoms with E-state index < -0.39 is 0 Å². The second-order valence-electron chi connectivity index (χ2n) is 4.22. The molecular weight excluding hydrogens is 276 g/mol. The average Bonchev–Trinajstić information content (AvgIpc) is 2.48. The van der Waals surface area contributed by atoms with Gasteiger partial charge in [-0.1, -0.05) is 24.3 Å². The van der Waals surface area contributed by atoms with Gasteiger partial charge in [-0.3, -0.25) is 0 Å². The standard InChI is InChI=1S/C15H11ClN2O2/c16-15-17-13-4-2-1-3-12(13)14(18-15)20-11-7-5-10(9-19)6-8-11/h1-8,19H,9H2. The molecule has 4 nitrogen and oxygen atoms in total. The van der Waals surface area contributed by atoms with Crippen molar-refractivity contribution < 1.29 is 9.84 Å². The van der Waals surface area contributed by atoms with Crippen molar-refractivity contribution in [2.75, 3.05) is 0 Å². The van der Waals surface area contributed by atoms with Crippen LogP contribution in [0.4, 0.5) is 0 Å². The lowest BCUT2D eigenvalue weighted by atomic mass is 10.2. The number of benzene rings is 2. The molecule has 3 aromatic rings. The van der Waals surface area contributed by atoms with Crippen molar-refractivity contribution in [3.8, 4) is 11.6 Å². The molecule has 100 valence electrons. The highest BCUT2D eigenvalue weighted by molar-refractivity contribution is 6.28. The first-order valence-corrected chi connectivity index (χ1v) is 6.44. The molecule has 1 heterocycles. The first kappa shape index (κ1) is 12.8. The van der Waals surface area contributed by atoms with Crippen LogP contribution in [-0.4, -0.2) is 15.1 Å². The number of fused-ring (bicyclic) bond motifs is 1. The van der Waals surface area contributed by atoms with Crippen LogP contribution < -0.4 is 4.74 Å². The van der Waals surface area contributed by atoms with Crippen LogP contribution in [0.3, 0.4) is 0 Å². The molecule has 0 aliphatic rings. The Morgan fingerprint density at radius 2 is 1.75 bits per heavy atom.